The van der Waals surface area contributed by atoms with Crippen LogP contribution in [0.4, 0.5) is 4.79 Å². The molecule has 3 N–H and O–H groups in total. The van der Waals surface area contributed by atoms with Crippen molar-refractivity contribution in [2.45, 2.75) is 37.6 Å². The molecule has 1 aliphatic heterocycles. The fourth-order valence-electron chi connectivity index (χ4n) is 2.86. The smallest absolute Gasteiger partial charge is 0.317 e. The summed E-state index contributed by atoms with van der Waals surface area (Å²) in [6.07, 6.45) is 3.57. The van der Waals surface area contributed by atoms with Gasteiger partial charge in [-0.1, -0.05) is 12.8 Å². The van der Waals surface area contributed by atoms with Crippen molar-refractivity contribution in [3.05, 3.63) is 0 Å². The van der Waals surface area contributed by atoms with Crippen molar-refractivity contribution in [2.24, 2.45) is 0 Å². The highest BCUT2D eigenvalue weighted by molar-refractivity contribution is 5.77. The van der Waals surface area contributed by atoms with Crippen LogP contribution in [-0.2, 0) is 4.79 Å². The number of piperazine rings is 1. The van der Waals surface area contributed by atoms with Crippen LogP contribution in [0.1, 0.15) is 32.1 Å². The summed E-state index contributed by atoms with van der Waals surface area (Å²) >= 11 is 0. The molecule has 2 amide bonds. The topological polar surface area (TPSA) is 81.7 Å². The minimum absolute atomic E-state index is 0.0326. The maximum absolute atomic E-state index is 12.1. The zero-order valence-electron chi connectivity index (χ0n) is 10.6. The number of carbonyl (C=O) groups is 2. The number of hydrogen-bond donors (Lipinski definition) is 3. The number of nitrogens with zero attached hydrogens (tertiary/aromatic N) is 1. The van der Waals surface area contributed by atoms with Crippen LogP contribution < -0.4 is 10.6 Å². The van der Waals surface area contributed by atoms with Crippen LogP contribution in [0.2, 0.25) is 0 Å². The standard InChI is InChI=1S/C12H21N3O3/c16-10(17)9-12(3-1-2-4-12)14-11(18)15-7-5-13-6-8-15/h13H,1-9H2,(H,14,18)(H,16,17). The first-order valence-corrected chi connectivity index (χ1v) is 6.61. The third-order valence-electron chi connectivity index (χ3n) is 3.83. The van der Waals surface area contributed by atoms with Gasteiger partial charge in [-0.3, -0.25) is 4.79 Å². The quantitative estimate of drug-likeness (QED) is 0.681. The molecule has 18 heavy (non-hydrogen) atoms. The van der Waals surface area contributed by atoms with Crippen molar-refractivity contribution in [3.8, 4) is 0 Å². The van der Waals surface area contributed by atoms with Gasteiger partial charge in [0.05, 0.1) is 12.0 Å². The van der Waals surface area contributed by atoms with Gasteiger partial charge < -0.3 is 20.6 Å². The molecule has 2 fully saturated rings. The number of hydrogen-bond acceptors (Lipinski definition) is 3. The Morgan fingerprint density at radius 2 is 1.83 bits per heavy atom. The lowest BCUT2D eigenvalue weighted by molar-refractivity contribution is -0.138. The molecule has 6 heteroatoms. The number of aliphatic carboxylic acids is 1. The molecule has 1 saturated heterocycles. The van der Waals surface area contributed by atoms with Gasteiger partial charge in [-0.25, -0.2) is 4.79 Å². The second-order valence-corrected chi connectivity index (χ2v) is 5.23. The highest BCUT2D eigenvalue weighted by atomic mass is 16.4. The van der Waals surface area contributed by atoms with Crippen LogP contribution in [0.5, 0.6) is 0 Å². The Kier molecular flexibility index (Phi) is 4.06. The second-order valence-electron chi connectivity index (χ2n) is 5.23. The molecule has 0 atom stereocenters. The van der Waals surface area contributed by atoms with Crippen LogP contribution in [0.15, 0.2) is 0 Å². The molecule has 1 saturated carbocycles. The van der Waals surface area contributed by atoms with E-state index in [1.54, 1.807) is 4.90 Å². The molecule has 2 aliphatic rings. The molecule has 102 valence electrons. The number of carboxylic acid groups (broad SMARTS) is 1. The number of rotatable bonds is 3. The third-order valence-corrected chi connectivity index (χ3v) is 3.83. The van der Waals surface area contributed by atoms with Gasteiger partial charge in [-0.15, -0.1) is 0 Å². The normalized spacial score (nSPS) is 22.8. The summed E-state index contributed by atoms with van der Waals surface area (Å²) in [6.45, 7) is 2.99. The molecular weight excluding hydrogens is 234 g/mol. The van der Waals surface area contributed by atoms with E-state index < -0.39 is 11.5 Å². The predicted molar refractivity (Wildman–Crippen MR) is 66.4 cm³/mol. The van der Waals surface area contributed by atoms with Gasteiger partial charge in [-0.2, -0.15) is 0 Å². The first-order chi connectivity index (χ1) is 8.61. The largest absolute Gasteiger partial charge is 0.481 e. The molecule has 0 unspecified atom stereocenters. The Balaban J connectivity index is 1.95. The molecule has 6 nitrogen and oxygen atoms in total. The highest BCUT2D eigenvalue weighted by Crippen LogP contribution is 2.32. The Bertz CT molecular complexity index is 321. The summed E-state index contributed by atoms with van der Waals surface area (Å²) in [5, 5.41) is 15.1. The lowest BCUT2D eigenvalue weighted by atomic mass is 9.93. The maximum Gasteiger partial charge on any atom is 0.317 e. The summed E-state index contributed by atoms with van der Waals surface area (Å²) in [6, 6.07) is -0.111. The molecule has 0 radical (unpaired) electrons. The Morgan fingerprint density at radius 1 is 1.22 bits per heavy atom. The zero-order valence-corrected chi connectivity index (χ0v) is 10.6. The van der Waals surface area contributed by atoms with E-state index in [9.17, 15) is 9.59 Å². The van der Waals surface area contributed by atoms with E-state index in [0.717, 1.165) is 38.8 Å². The lowest BCUT2D eigenvalue weighted by Gasteiger charge is -2.34. The third kappa shape index (κ3) is 3.13. The van der Waals surface area contributed by atoms with Crippen molar-refractivity contribution in [1.82, 2.24) is 15.5 Å². The van der Waals surface area contributed by atoms with Crippen molar-refractivity contribution < 1.29 is 14.7 Å². The number of nitrogens with one attached hydrogen (secondary N) is 2. The fraction of sp³-hybridized carbons (Fsp3) is 0.833. The summed E-state index contributed by atoms with van der Waals surface area (Å²) in [5.74, 6) is -0.836. The minimum atomic E-state index is -0.836. The first-order valence-electron chi connectivity index (χ1n) is 6.61. The first kappa shape index (κ1) is 13.1. The van der Waals surface area contributed by atoms with Crippen LogP contribution in [0, 0.1) is 0 Å². The van der Waals surface area contributed by atoms with Gasteiger partial charge >= 0.3 is 12.0 Å². The summed E-state index contributed by atoms with van der Waals surface area (Å²) in [7, 11) is 0. The SMILES string of the molecule is O=C(O)CC1(NC(=O)N2CCNCC2)CCCC1. The number of carbonyl (C=O) groups excluding carboxylic acids is 1. The second kappa shape index (κ2) is 5.56. The van der Waals surface area contributed by atoms with Crippen LogP contribution >= 0.6 is 0 Å². The summed E-state index contributed by atoms with van der Waals surface area (Å²) in [5.41, 5.74) is -0.520. The fourth-order valence-corrected chi connectivity index (χ4v) is 2.86. The van der Waals surface area contributed by atoms with Gasteiger partial charge in [0.1, 0.15) is 0 Å². The molecule has 1 aliphatic carbocycles. The van der Waals surface area contributed by atoms with E-state index in [1.807, 2.05) is 0 Å². The summed E-state index contributed by atoms with van der Waals surface area (Å²) < 4.78 is 0. The zero-order chi connectivity index (χ0) is 13.0. The van der Waals surface area contributed by atoms with Crippen molar-refractivity contribution >= 4 is 12.0 Å². The molecule has 0 bridgehead atoms. The number of carboxylic acids is 1. The Hall–Kier alpha value is -1.30. The lowest BCUT2D eigenvalue weighted by Crippen LogP contribution is -2.56. The minimum Gasteiger partial charge on any atom is -0.481 e. The number of amides is 2. The molecule has 0 aromatic carbocycles. The van der Waals surface area contributed by atoms with Crippen molar-refractivity contribution in [3.63, 3.8) is 0 Å². The van der Waals surface area contributed by atoms with Crippen LogP contribution in [0.3, 0.4) is 0 Å². The van der Waals surface area contributed by atoms with E-state index >= 15 is 0 Å². The van der Waals surface area contributed by atoms with E-state index in [0.29, 0.717) is 13.1 Å². The maximum atomic E-state index is 12.1. The van der Waals surface area contributed by atoms with E-state index in [2.05, 4.69) is 10.6 Å². The summed E-state index contributed by atoms with van der Waals surface area (Å²) in [4.78, 5) is 24.8. The van der Waals surface area contributed by atoms with E-state index in [4.69, 9.17) is 5.11 Å². The molecular formula is C12H21N3O3. The molecule has 2 rings (SSSR count). The average Bonchev–Trinajstić information content (AvgIpc) is 2.77. The highest BCUT2D eigenvalue weighted by Gasteiger charge is 2.38. The predicted octanol–water partition coefficient (Wildman–Crippen LogP) is 0.389. The van der Waals surface area contributed by atoms with Crippen LogP contribution in [0.25, 0.3) is 0 Å². The monoisotopic (exact) mass is 255 g/mol. The van der Waals surface area contributed by atoms with E-state index in [-0.39, 0.29) is 12.5 Å². The van der Waals surface area contributed by atoms with Crippen molar-refractivity contribution in [2.75, 3.05) is 26.2 Å². The van der Waals surface area contributed by atoms with Crippen LogP contribution in [-0.4, -0.2) is 53.7 Å². The van der Waals surface area contributed by atoms with Gasteiger partial charge in [0, 0.05) is 26.2 Å². The average molecular weight is 255 g/mol. The Labute approximate surface area is 107 Å². The van der Waals surface area contributed by atoms with Crippen molar-refractivity contribution in [1.29, 1.82) is 0 Å². The molecule has 1 heterocycles. The van der Waals surface area contributed by atoms with Gasteiger partial charge in [0.2, 0.25) is 0 Å². The van der Waals surface area contributed by atoms with Gasteiger partial charge in [0.15, 0.2) is 0 Å². The van der Waals surface area contributed by atoms with Gasteiger partial charge in [0.25, 0.3) is 0 Å². The molecule has 0 aromatic rings. The molecule has 0 aromatic heterocycles. The molecule has 0 spiro atoms. The Morgan fingerprint density at radius 3 is 2.39 bits per heavy atom. The van der Waals surface area contributed by atoms with E-state index in [1.165, 1.54) is 0 Å². The van der Waals surface area contributed by atoms with Gasteiger partial charge in [-0.05, 0) is 12.8 Å². The number of urea groups is 1.